The maximum absolute atomic E-state index is 12.6. The van der Waals surface area contributed by atoms with Crippen molar-refractivity contribution in [2.75, 3.05) is 20.3 Å². The van der Waals surface area contributed by atoms with E-state index in [1.54, 1.807) is 7.11 Å². The number of pyridine rings is 1. The molecule has 0 aliphatic carbocycles. The topological polar surface area (TPSA) is 87.1 Å². The average Bonchev–Trinajstić information content (AvgIpc) is 2.90. The second-order valence-corrected chi connectivity index (χ2v) is 10.2. The molecule has 1 aromatic heterocycles. The molecule has 196 valence electrons. The van der Waals surface area contributed by atoms with Gasteiger partial charge in [-0.25, -0.2) is 4.79 Å². The van der Waals surface area contributed by atoms with E-state index in [1.165, 1.54) is 0 Å². The summed E-state index contributed by atoms with van der Waals surface area (Å²) >= 11 is 0. The number of carbonyl (C=O) groups is 1. The van der Waals surface area contributed by atoms with Gasteiger partial charge in [-0.2, -0.15) is 0 Å². The minimum Gasteiger partial charge on any atom is -0.496 e. The fraction of sp³-hybridized carbons (Fsp3) is 0.290. The van der Waals surface area contributed by atoms with Gasteiger partial charge in [0.2, 0.25) is 0 Å². The number of carboxylic acid groups (broad SMARTS) is 1. The van der Waals surface area contributed by atoms with Crippen LogP contribution in [0.2, 0.25) is 0 Å². The van der Waals surface area contributed by atoms with Gasteiger partial charge in [-0.3, -0.25) is 4.98 Å². The Kier molecular flexibility index (Phi) is 6.71. The molecular weight excluding hydrogens is 482 g/mol. The van der Waals surface area contributed by atoms with E-state index in [9.17, 15) is 9.90 Å². The third-order valence-electron chi connectivity index (χ3n) is 6.42. The van der Waals surface area contributed by atoms with Crippen LogP contribution in [0.25, 0.3) is 33.2 Å². The number of aliphatic carboxylic acids is 1. The number of carboxylic acids is 1. The number of rotatable bonds is 6. The van der Waals surface area contributed by atoms with Crippen molar-refractivity contribution in [2.45, 2.75) is 39.4 Å². The van der Waals surface area contributed by atoms with Crippen molar-refractivity contribution in [2.24, 2.45) is 0 Å². The molecular formula is C31H31NO6. The van der Waals surface area contributed by atoms with Crippen LogP contribution in [0.3, 0.4) is 0 Å². The van der Waals surface area contributed by atoms with Crippen LogP contribution in [0.1, 0.15) is 38.1 Å². The van der Waals surface area contributed by atoms with Crippen LogP contribution in [0, 0.1) is 6.92 Å². The van der Waals surface area contributed by atoms with Crippen molar-refractivity contribution < 1.29 is 28.8 Å². The number of hydrogen-bond donors (Lipinski definition) is 1. The normalized spacial score (nSPS) is 13.8. The fourth-order valence-corrected chi connectivity index (χ4v) is 4.87. The van der Waals surface area contributed by atoms with Crippen LogP contribution in [0.4, 0.5) is 0 Å². The Morgan fingerprint density at radius 3 is 2.39 bits per heavy atom. The Morgan fingerprint density at radius 2 is 1.68 bits per heavy atom. The molecule has 1 atom stereocenters. The average molecular weight is 514 g/mol. The highest BCUT2D eigenvalue weighted by molar-refractivity contribution is 6.00. The number of hydrogen-bond acceptors (Lipinski definition) is 6. The Bertz CT molecular complexity index is 1520. The molecule has 3 aromatic carbocycles. The zero-order valence-corrected chi connectivity index (χ0v) is 22.2. The molecule has 0 radical (unpaired) electrons. The maximum Gasteiger partial charge on any atom is 0.337 e. The Hall–Kier alpha value is -4.10. The molecule has 0 fully saturated rings. The molecule has 1 unspecified atom stereocenters. The highest BCUT2D eigenvalue weighted by atomic mass is 16.6. The van der Waals surface area contributed by atoms with E-state index in [0.29, 0.717) is 36.0 Å². The second kappa shape index (κ2) is 9.99. The minimum absolute atomic E-state index is 0.451. The highest BCUT2D eigenvalue weighted by Crippen LogP contribution is 2.43. The van der Waals surface area contributed by atoms with Crippen molar-refractivity contribution in [3.05, 3.63) is 71.9 Å². The predicted octanol–water partition coefficient (Wildman–Crippen LogP) is 6.60. The largest absolute Gasteiger partial charge is 0.496 e. The van der Waals surface area contributed by atoms with Gasteiger partial charge >= 0.3 is 5.97 Å². The molecule has 0 saturated heterocycles. The van der Waals surface area contributed by atoms with Crippen molar-refractivity contribution in [3.8, 4) is 39.5 Å². The fourth-order valence-electron chi connectivity index (χ4n) is 4.87. The van der Waals surface area contributed by atoms with Gasteiger partial charge < -0.3 is 24.1 Å². The zero-order chi connectivity index (χ0) is 27.0. The SMILES string of the molecule is COc1ccccc1-c1ccc2c(-c3ccc4c(c3)OCCO4)c(C(OC(C)(C)C)C(=O)O)c(C)nc2c1. The van der Waals surface area contributed by atoms with Crippen molar-refractivity contribution in [1.82, 2.24) is 4.98 Å². The van der Waals surface area contributed by atoms with Gasteiger partial charge in [-0.15, -0.1) is 0 Å². The lowest BCUT2D eigenvalue weighted by atomic mass is 9.89. The first-order valence-corrected chi connectivity index (χ1v) is 12.5. The van der Waals surface area contributed by atoms with E-state index in [1.807, 2.05) is 88.4 Å². The number of nitrogens with zero attached hydrogens (tertiary/aromatic N) is 1. The van der Waals surface area contributed by atoms with Crippen LogP contribution in [0.5, 0.6) is 17.2 Å². The first kappa shape index (κ1) is 25.5. The molecule has 38 heavy (non-hydrogen) atoms. The quantitative estimate of drug-likeness (QED) is 0.311. The molecule has 1 aliphatic heterocycles. The molecule has 2 heterocycles. The van der Waals surface area contributed by atoms with E-state index in [-0.39, 0.29) is 0 Å². The molecule has 7 heteroatoms. The summed E-state index contributed by atoms with van der Waals surface area (Å²) < 4.78 is 23.3. The smallest absolute Gasteiger partial charge is 0.337 e. The lowest BCUT2D eigenvalue weighted by Gasteiger charge is -2.28. The third-order valence-corrected chi connectivity index (χ3v) is 6.42. The molecule has 1 aliphatic rings. The lowest BCUT2D eigenvalue weighted by Crippen LogP contribution is -2.28. The maximum atomic E-state index is 12.6. The van der Waals surface area contributed by atoms with Crippen LogP contribution < -0.4 is 14.2 Å². The van der Waals surface area contributed by atoms with E-state index < -0.39 is 17.7 Å². The van der Waals surface area contributed by atoms with Crippen LogP contribution in [0.15, 0.2) is 60.7 Å². The van der Waals surface area contributed by atoms with Gasteiger partial charge in [-0.1, -0.05) is 36.4 Å². The standard InChI is InChI=1S/C31H31NO6/c1-18-27(29(30(33)34)38-31(2,3)4)28(20-11-13-25-26(17-20)37-15-14-36-25)22-12-10-19(16-23(22)32-18)21-8-6-7-9-24(21)35-5/h6-13,16-17,29H,14-15H2,1-5H3,(H,33,34). The molecule has 5 rings (SSSR count). The molecule has 4 aromatic rings. The molecule has 7 nitrogen and oxygen atoms in total. The second-order valence-electron chi connectivity index (χ2n) is 10.2. The van der Waals surface area contributed by atoms with Crippen molar-refractivity contribution in [1.29, 1.82) is 0 Å². The molecule has 1 N–H and O–H groups in total. The first-order valence-electron chi connectivity index (χ1n) is 12.5. The predicted molar refractivity (Wildman–Crippen MR) is 146 cm³/mol. The van der Waals surface area contributed by atoms with Crippen LogP contribution >= 0.6 is 0 Å². The summed E-state index contributed by atoms with van der Waals surface area (Å²) in [6, 6.07) is 19.5. The molecule has 0 spiro atoms. The van der Waals surface area contributed by atoms with Crippen LogP contribution in [-0.2, 0) is 9.53 Å². The lowest BCUT2D eigenvalue weighted by molar-refractivity contribution is -0.160. The third kappa shape index (κ3) is 4.89. The molecule has 0 amide bonds. The Morgan fingerprint density at radius 1 is 0.974 bits per heavy atom. The van der Waals surface area contributed by atoms with Crippen LogP contribution in [-0.4, -0.2) is 42.0 Å². The summed E-state index contributed by atoms with van der Waals surface area (Å²) in [7, 11) is 1.65. The Labute approximate surface area is 222 Å². The van der Waals surface area contributed by atoms with E-state index in [0.717, 1.165) is 38.9 Å². The summed E-state index contributed by atoms with van der Waals surface area (Å²) in [5.74, 6) is 0.970. The van der Waals surface area contributed by atoms with Gasteiger partial charge in [0.05, 0.1) is 18.2 Å². The van der Waals surface area contributed by atoms with Gasteiger partial charge in [0, 0.05) is 22.2 Å². The van der Waals surface area contributed by atoms with Crippen molar-refractivity contribution >= 4 is 16.9 Å². The van der Waals surface area contributed by atoms with Gasteiger partial charge in [0.1, 0.15) is 19.0 Å². The van der Waals surface area contributed by atoms with Crippen molar-refractivity contribution in [3.63, 3.8) is 0 Å². The number of benzene rings is 3. The van der Waals surface area contributed by atoms with E-state index in [2.05, 4.69) is 0 Å². The monoisotopic (exact) mass is 513 g/mol. The first-order chi connectivity index (χ1) is 18.2. The summed E-state index contributed by atoms with van der Waals surface area (Å²) in [6.45, 7) is 8.30. The summed E-state index contributed by atoms with van der Waals surface area (Å²) in [5, 5.41) is 11.1. The van der Waals surface area contributed by atoms with E-state index >= 15 is 0 Å². The number of para-hydroxylation sites is 1. The number of fused-ring (bicyclic) bond motifs is 2. The minimum atomic E-state index is -1.22. The van der Waals surface area contributed by atoms with Gasteiger partial charge in [-0.05, 0) is 68.7 Å². The number of ether oxygens (including phenoxy) is 4. The molecule has 0 bridgehead atoms. The summed E-state index contributed by atoms with van der Waals surface area (Å²) in [5.41, 5.74) is 4.57. The zero-order valence-electron chi connectivity index (χ0n) is 22.2. The van der Waals surface area contributed by atoms with Gasteiger partial charge in [0.25, 0.3) is 0 Å². The number of aryl methyl sites for hydroxylation is 1. The number of aromatic nitrogens is 1. The summed E-state index contributed by atoms with van der Waals surface area (Å²) in [6.07, 6.45) is -1.22. The molecule has 0 saturated carbocycles. The highest BCUT2D eigenvalue weighted by Gasteiger charge is 2.32. The Balaban J connectivity index is 1.79. The van der Waals surface area contributed by atoms with E-state index in [4.69, 9.17) is 23.9 Å². The number of methoxy groups -OCH3 is 1. The van der Waals surface area contributed by atoms with Gasteiger partial charge in [0.15, 0.2) is 17.6 Å². The summed E-state index contributed by atoms with van der Waals surface area (Å²) in [4.78, 5) is 17.5.